The van der Waals surface area contributed by atoms with E-state index in [9.17, 15) is 15.0 Å². The maximum atomic E-state index is 12.1. The zero-order valence-electron chi connectivity index (χ0n) is 12.9. The Bertz CT molecular complexity index is 1140. The Hall–Kier alpha value is -2.35. The number of ether oxygens (including phenoxy) is 1. The summed E-state index contributed by atoms with van der Waals surface area (Å²) >= 11 is 11.2. The van der Waals surface area contributed by atoms with Crippen LogP contribution >= 0.6 is 38.9 Å². The Morgan fingerprint density at radius 2 is 2.00 bits per heavy atom. The summed E-state index contributed by atoms with van der Waals surface area (Å²) in [5.41, 5.74) is 0.377. The first kappa shape index (κ1) is 17.1. The molecule has 8 heteroatoms. The quantitative estimate of drug-likeness (QED) is 0.422. The molecule has 26 heavy (non-hydrogen) atoms. The van der Waals surface area contributed by atoms with Crippen molar-refractivity contribution in [3.05, 3.63) is 62.0 Å². The SMILES string of the molecule is O=C1OC(c2sc3cc(Br)ccc3c2Cl)=N/C1=C/c1ccc(O)cc1O. The number of phenolic OH excluding ortho intramolecular Hbond substituents is 2. The van der Waals surface area contributed by atoms with Crippen LogP contribution in [0, 0.1) is 0 Å². The average molecular weight is 451 g/mol. The van der Waals surface area contributed by atoms with Gasteiger partial charge in [0.05, 0.1) is 5.02 Å². The average Bonchev–Trinajstić information content (AvgIpc) is 3.10. The molecule has 1 aromatic heterocycles. The highest BCUT2D eigenvalue weighted by atomic mass is 79.9. The minimum atomic E-state index is -0.637. The number of thiophene rings is 1. The fourth-order valence-corrected chi connectivity index (χ4v) is 4.47. The number of fused-ring (bicyclic) bond motifs is 1. The van der Waals surface area contributed by atoms with E-state index in [0.717, 1.165) is 14.6 Å². The van der Waals surface area contributed by atoms with Crippen LogP contribution in [0.1, 0.15) is 10.4 Å². The molecule has 5 nitrogen and oxygen atoms in total. The number of esters is 1. The summed E-state index contributed by atoms with van der Waals surface area (Å²) < 4.78 is 7.12. The van der Waals surface area contributed by atoms with Crippen molar-refractivity contribution in [2.75, 3.05) is 0 Å². The summed E-state index contributed by atoms with van der Waals surface area (Å²) in [6.45, 7) is 0. The standard InChI is InChI=1S/C18H9BrClNO4S/c19-9-2-4-11-14(6-9)26-16(15(11)20)17-21-12(18(24)25-17)5-8-1-3-10(22)7-13(8)23/h1-7,22-23H/b12-5+. The highest BCUT2D eigenvalue weighted by Crippen LogP contribution is 2.38. The summed E-state index contributed by atoms with van der Waals surface area (Å²) in [7, 11) is 0. The molecule has 2 N–H and O–H groups in total. The van der Waals surface area contributed by atoms with Crippen LogP contribution in [0.3, 0.4) is 0 Å². The van der Waals surface area contributed by atoms with Gasteiger partial charge in [0.15, 0.2) is 5.70 Å². The summed E-state index contributed by atoms with van der Waals surface area (Å²) in [5, 5.41) is 20.5. The van der Waals surface area contributed by atoms with E-state index in [1.54, 1.807) is 0 Å². The lowest BCUT2D eigenvalue weighted by molar-refractivity contribution is -0.129. The summed E-state index contributed by atoms with van der Waals surface area (Å²) in [6, 6.07) is 9.74. The number of nitrogens with zero attached hydrogens (tertiary/aromatic N) is 1. The van der Waals surface area contributed by atoms with Crippen LogP contribution in [-0.4, -0.2) is 22.1 Å². The van der Waals surface area contributed by atoms with Crippen molar-refractivity contribution in [1.82, 2.24) is 0 Å². The molecule has 0 atom stereocenters. The molecule has 0 fully saturated rings. The van der Waals surface area contributed by atoms with E-state index in [1.807, 2.05) is 18.2 Å². The van der Waals surface area contributed by atoms with E-state index >= 15 is 0 Å². The van der Waals surface area contributed by atoms with Gasteiger partial charge in [-0.15, -0.1) is 11.3 Å². The van der Waals surface area contributed by atoms with Crippen LogP contribution in [0.15, 0.2) is 51.6 Å². The second-order valence-electron chi connectivity index (χ2n) is 5.46. The molecule has 2 heterocycles. The fourth-order valence-electron chi connectivity index (χ4n) is 2.48. The van der Waals surface area contributed by atoms with Gasteiger partial charge in [-0.1, -0.05) is 33.6 Å². The third-order valence-corrected chi connectivity index (χ3v) is 5.85. The van der Waals surface area contributed by atoms with Crippen molar-refractivity contribution in [2.45, 2.75) is 0 Å². The van der Waals surface area contributed by atoms with Gasteiger partial charge in [0.2, 0.25) is 5.90 Å². The van der Waals surface area contributed by atoms with Crippen molar-refractivity contribution in [3.63, 3.8) is 0 Å². The molecule has 0 unspecified atom stereocenters. The van der Waals surface area contributed by atoms with E-state index < -0.39 is 5.97 Å². The minimum absolute atomic E-state index is 0.0377. The molecule has 0 saturated heterocycles. The molecular weight excluding hydrogens is 442 g/mol. The maximum absolute atomic E-state index is 12.1. The smallest absolute Gasteiger partial charge is 0.363 e. The molecule has 0 spiro atoms. The van der Waals surface area contributed by atoms with Crippen molar-refractivity contribution in [2.24, 2.45) is 4.99 Å². The van der Waals surface area contributed by atoms with E-state index in [0.29, 0.717) is 15.5 Å². The van der Waals surface area contributed by atoms with Gasteiger partial charge < -0.3 is 14.9 Å². The number of carbonyl (C=O) groups is 1. The first-order chi connectivity index (χ1) is 12.4. The predicted molar refractivity (Wildman–Crippen MR) is 105 cm³/mol. The Kier molecular flexibility index (Phi) is 4.22. The highest BCUT2D eigenvalue weighted by molar-refractivity contribution is 9.10. The molecule has 0 aliphatic carbocycles. The Morgan fingerprint density at radius 3 is 2.77 bits per heavy atom. The summed E-state index contributed by atoms with van der Waals surface area (Å²) in [6.07, 6.45) is 1.39. The number of carbonyl (C=O) groups excluding carboxylic acids is 1. The molecular formula is C18H9BrClNO4S. The molecule has 3 aromatic rings. The topological polar surface area (TPSA) is 79.1 Å². The lowest BCUT2D eigenvalue weighted by atomic mass is 10.1. The van der Waals surface area contributed by atoms with E-state index in [-0.39, 0.29) is 23.1 Å². The molecule has 0 radical (unpaired) electrons. The number of halogens is 2. The van der Waals surface area contributed by atoms with Crippen LogP contribution in [0.4, 0.5) is 0 Å². The van der Waals surface area contributed by atoms with Crippen molar-refractivity contribution in [1.29, 1.82) is 0 Å². The second kappa shape index (κ2) is 6.42. The van der Waals surface area contributed by atoms with Gasteiger partial charge in [-0.05, 0) is 30.3 Å². The van der Waals surface area contributed by atoms with E-state index in [1.165, 1.54) is 35.6 Å². The molecule has 1 aliphatic rings. The highest BCUT2D eigenvalue weighted by Gasteiger charge is 2.28. The number of hydrogen-bond acceptors (Lipinski definition) is 6. The number of phenols is 2. The molecule has 0 bridgehead atoms. The van der Waals surface area contributed by atoms with Crippen LogP contribution in [0.2, 0.25) is 5.02 Å². The van der Waals surface area contributed by atoms with Crippen molar-refractivity contribution in [3.8, 4) is 11.5 Å². The van der Waals surface area contributed by atoms with Gasteiger partial charge in [0, 0.05) is 26.2 Å². The zero-order valence-corrected chi connectivity index (χ0v) is 16.0. The second-order valence-corrected chi connectivity index (χ2v) is 7.81. The number of hydrogen-bond donors (Lipinski definition) is 2. The van der Waals surface area contributed by atoms with Crippen LogP contribution in [0.25, 0.3) is 16.2 Å². The lowest BCUT2D eigenvalue weighted by Crippen LogP contribution is -2.04. The van der Waals surface area contributed by atoms with Gasteiger partial charge >= 0.3 is 5.97 Å². The molecule has 2 aromatic carbocycles. The molecule has 0 saturated carbocycles. The molecule has 130 valence electrons. The Morgan fingerprint density at radius 1 is 1.19 bits per heavy atom. The number of aliphatic imine (C=N–C) groups is 1. The van der Waals surface area contributed by atoms with Crippen molar-refractivity contribution < 1.29 is 19.7 Å². The summed E-state index contributed by atoms with van der Waals surface area (Å²) in [5.74, 6) is -0.756. The van der Waals surface area contributed by atoms with Gasteiger partial charge in [-0.2, -0.15) is 0 Å². The third-order valence-electron chi connectivity index (χ3n) is 3.71. The normalized spacial score (nSPS) is 15.5. The van der Waals surface area contributed by atoms with Crippen molar-refractivity contribution >= 4 is 66.9 Å². The monoisotopic (exact) mass is 449 g/mol. The third kappa shape index (κ3) is 2.98. The maximum Gasteiger partial charge on any atom is 0.363 e. The summed E-state index contributed by atoms with van der Waals surface area (Å²) in [4.78, 5) is 16.9. The van der Waals surface area contributed by atoms with E-state index in [2.05, 4.69) is 20.9 Å². The van der Waals surface area contributed by atoms with Crippen LogP contribution in [0.5, 0.6) is 11.5 Å². The molecule has 0 amide bonds. The van der Waals surface area contributed by atoms with E-state index in [4.69, 9.17) is 16.3 Å². The minimum Gasteiger partial charge on any atom is -0.508 e. The number of benzene rings is 2. The van der Waals surface area contributed by atoms with Gasteiger partial charge in [-0.25, -0.2) is 9.79 Å². The van der Waals surface area contributed by atoms with Gasteiger partial charge in [0.1, 0.15) is 16.4 Å². The first-order valence-corrected chi connectivity index (χ1v) is 9.33. The molecule has 1 aliphatic heterocycles. The van der Waals surface area contributed by atoms with Gasteiger partial charge in [0.25, 0.3) is 0 Å². The predicted octanol–water partition coefficient (Wildman–Crippen LogP) is 5.07. The largest absolute Gasteiger partial charge is 0.508 e. The zero-order chi connectivity index (χ0) is 18.4. The van der Waals surface area contributed by atoms with Crippen LogP contribution < -0.4 is 0 Å². The van der Waals surface area contributed by atoms with Crippen LogP contribution in [-0.2, 0) is 9.53 Å². The Labute approximate surface area is 165 Å². The fraction of sp³-hybridized carbons (Fsp3) is 0. The molecule has 4 rings (SSSR count). The lowest BCUT2D eigenvalue weighted by Gasteiger charge is -1.99. The first-order valence-electron chi connectivity index (χ1n) is 7.35. The number of aromatic hydroxyl groups is 2. The van der Waals surface area contributed by atoms with Gasteiger partial charge in [-0.3, -0.25) is 0 Å². The number of cyclic esters (lactones) is 1. The Balaban J connectivity index is 1.77. The number of rotatable bonds is 2.